The van der Waals surface area contributed by atoms with E-state index in [1.165, 1.54) is 23.5 Å². The molecule has 7 nitrogen and oxygen atoms in total. The van der Waals surface area contributed by atoms with Crippen LogP contribution < -0.4 is 10.6 Å². The molecule has 2 aromatic heterocycles. The van der Waals surface area contributed by atoms with Gasteiger partial charge in [0.25, 0.3) is 17.1 Å². The first-order chi connectivity index (χ1) is 16.0. The number of rotatable bonds is 4. The Bertz CT molecular complexity index is 1480. The Kier molecular flexibility index (Phi) is 5.41. The zero-order valence-electron chi connectivity index (χ0n) is 16.9. The Balaban J connectivity index is 1.47. The van der Waals surface area contributed by atoms with Gasteiger partial charge in [0.2, 0.25) is 0 Å². The molecule has 2 aromatic carbocycles. The van der Waals surface area contributed by atoms with E-state index in [1.54, 1.807) is 30.5 Å². The number of phenols is 1. The average molecular weight is 474 g/mol. The number of aromatic hydroxyl groups is 1. The van der Waals surface area contributed by atoms with Crippen molar-refractivity contribution in [3.05, 3.63) is 82.2 Å². The van der Waals surface area contributed by atoms with Crippen molar-refractivity contribution in [2.75, 3.05) is 5.32 Å². The fraction of sp³-hybridized carbons (Fsp3) is 0. The summed E-state index contributed by atoms with van der Waals surface area (Å²) in [6.45, 7) is 0. The number of nitrogens with zero attached hydrogens (tertiary/aromatic N) is 1. The van der Waals surface area contributed by atoms with Crippen molar-refractivity contribution < 1.29 is 19.5 Å². The summed E-state index contributed by atoms with van der Waals surface area (Å²) in [5.41, 5.74) is 2.95. The van der Waals surface area contributed by atoms with Crippen LogP contribution in [0.2, 0.25) is 0 Å². The van der Waals surface area contributed by atoms with Gasteiger partial charge in [-0.25, -0.2) is 0 Å². The summed E-state index contributed by atoms with van der Waals surface area (Å²) in [7, 11) is 0. The first kappa shape index (κ1) is 20.9. The molecule has 1 aliphatic rings. The molecular weight excluding hydrogens is 458 g/mol. The first-order valence-electron chi connectivity index (χ1n) is 9.80. The lowest BCUT2D eigenvalue weighted by atomic mass is 10.0. The van der Waals surface area contributed by atoms with Crippen LogP contribution >= 0.6 is 23.1 Å². The van der Waals surface area contributed by atoms with Crippen molar-refractivity contribution in [1.29, 1.82) is 0 Å². The predicted octanol–water partition coefficient (Wildman–Crippen LogP) is 5.25. The molecule has 5 rings (SSSR count). The van der Waals surface area contributed by atoms with E-state index in [1.807, 2.05) is 30.3 Å². The highest BCUT2D eigenvalue weighted by Crippen LogP contribution is 2.35. The number of imide groups is 1. The number of carbonyl (C=O) groups is 3. The van der Waals surface area contributed by atoms with E-state index in [9.17, 15) is 19.5 Å². The fourth-order valence-corrected chi connectivity index (χ4v) is 5.04. The minimum absolute atomic E-state index is 0.0755. The minimum Gasteiger partial charge on any atom is -0.508 e. The molecule has 4 aromatic rings. The topological polar surface area (TPSA) is 108 Å². The lowest BCUT2D eigenvalue weighted by Crippen LogP contribution is -2.17. The lowest BCUT2D eigenvalue weighted by Gasteiger charge is -2.06. The minimum atomic E-state index is -0.405. The van der Waals surface area contributed by atoms with Gasteiger partial charge < -0.3 is 10.4 Å². The van der Waals surface area contributed by atoms with Gasteiger partial charge in [-0.3, -0.25) is 24.7 Å². The number of thiophene rings is 1. The Morgan fingerprint density at radius 2 is 1.94 bits per heavy atom. The summed E-state index contributed by atoms with van der Waals surface area (Å²) in [5, 5.41) is 15.1. The van der Waals surface area contributed by atoms with Crippen LogP contribution in [-0.2, 0) is 4.79 Å². The van der Waals surface area contributed by atoms with Gasteiger partial charge >= 0.3 is 0 Å². The van der Waals surface area contributed by atoms with Gasteiger partial charge in [0.05, 0.1) is 15.3 Å². The maximum absolute atomic E-state index is 12.7. The van der Waals surface area contributed by atoms with Crippen LogP contribution in [0.1, 0.15) is 15.2 Å². The fourth-order valence-electron chi connectivity index (χ4n) is 3.42. The third-order valence-corrected chi connectivity index (χ3v) is 6.83. The van der Waals surface area contributed by atoms with Crippen LogP contribution in [0.4, 0.5) is 10.5 Å². The van der Waals surface area contributed by atoms with Crippen LogP contribution in [0.25, 0.3) is 27.4 Å². The van der Waals surface area contributed by atoms with E-state index in [0.29, 0.717) is 15.5 Å². The van der Waals surface area contributed by atoms with E-state index in [-0.39, 0.29) is 16.9 Å². The summed E-state index contributed by atoms with van der Waals surface area (Å²) >= 11 is 2.21. The number of hydrogen-bond acceptors (Lipinski definition) is 7. The predicted molar refractivity (Wildman–Crippen MR) is 130 cm³/mol. The standard InChI is InChI=1S/C24H15N3O4S2/c28-15-3-1-2-14(12-15)26-22(29)20-7-6-19(32-20)16-8-9-25-18-5-4-13(10-17(16)18)11-21-23(30)27-24(31)33-21/h1-12,28H,(H,26,29)(H,27,30,31)/b21-11+. The Morgan fingerprint density at radius 3 is 2.73 bits per heavy atom. The molecule has 0 bridgehead atoms. The second-order valence-corrected chi connectivity index (χ2v) is 9.25. The number of carbonyl (C=O) groups excluding carboxylic acids is 3. The van der Waals surface area contributed by atoms with Crippen LogP contribution in [-0.4, -0.2) is 27.1 Å². The summed E-state index contributed by atoms with van der Waals surface area (Å²) in [6, 6.07) is 17.5. The van der Waals surface area contributed by atoms with E-state index < -0.39 is 5.91 Å². The van der Waals surface area contributed by atoms with Gasteiger partial charge in [0, 0.05) is 33.8 Å². The molecule has 162 valence electrons. The Morgan fingerprint density at radius 1 is 1.06 bits per heavy atom. The summed E-state index contributed by atoms with van der Waals surface area (Å²) < 4.78 is 0. The number of benzene rings is 2. The van der Waals surface area contributed by atoms with Crippen molar-refractivity contribution in [2.24, 2.45) is 0 Å². The number of phenolic OH excluding ortho intramolecular Hbond substituents is 1. The van der Waals surface area contributed by atoms with E-state index in [2.05, 4.69) is 15.6 Å². The zero-order valence-corrected chi connectivity index (χ0v) is 18.5. The van der Waals surface area contributed by atoms with Gasteiger partial charge in [-0.1, -0.05) is 12.1 Å². The van der Waals surface area contributed by atoms with Gasteiger partial charge in [-0.2, -0.15) is 0 Å². The molecule has 1 fully saturated rings. The molecule has 0 unspecified atom stereocenters. The highest BCUT2D eigenvalue weighted by atomic mass is 32.2. The molecule has 3 amide bonds. The quantitative estimate of drug-likeness (QED) is 0.350. The van der Waals surface area contributed by atoms with Crippen LogP contribution in [0, 0.1) is 0 Å². The maximum Gasteiger partial charge on any atom is 0.290 e. The zero-order chi connectivity index (χ0) is 22.9. The summed E-state index contributed by atoms with van der Waals surface area (Å²) in [6.07, 6.45) is 3.38. The van der Waals surface area contributed by atoms with Gasteiger partial charge in [0.15, 0.2) is 0 Å². The normalized spacial score (nSPS) is 14.6. The number of pyridine rings is 1. The van der Waals surface area contributed by atoms with Crippen LogP contribution in [0.15, 0.2) is 71.8 Å². The third-order valence-electron chi connectivity index (χ3n) is 4.90. The summed E-state index contributed by atoms with van der Waals surface area (Å²) in [4.78, 5) is 42.1. The Hall–Kier alpha value is -3.95. The van der Waals surface area contributed by atoms with Crippen molar-refractivity contribution in [1.82, 2.24) is 10.3 Å². The number of amides is 3. The second kappa shape index (κ2) is 8.53. The van der Waals surface area contributed by atoms with Crippen molar-refractivity contribution in [3.8, 4) is 16.2 Å². The molecule has 0 atom stereocenters. The SMILES string of the molecule is O=C1NC(=O)/C(=C\c2ccc3nccc(-c4ccc(C(=O)Nc5cccc(O)c5)s4)c3c2)S1. The molecule has 0 spiro atoms. The molecule has 33 heavy (non-hydrogen) atoms. The number of fused-ring (bicyclic) bond motifs is 1. The number of nitrogens with one attached hydrogen (secondary N) is 2. The molecular formula is C24H15N3O4S2. The van der Waals surface area contributed by atoms with E-state index in [0.717, 1.165) is 38.7 Å². The number of hydrogen-bond donors (Lipinski definition) is 3. The molecule has 9 heteroatoms. The van der Waals surface area contributed by atoms with Crippen molar-refractivity contribution in [2.45, 2.75) is 0 Å². The molecule has 0 radical (unpaired) electrons. The number of aromatic nitrogens is 1. The molecule has 3 heterocycles. The Labute approximate surface area is 196 Å². The van der Waals surface area contributed by atoms with Crippen LogP contribution in [0.3, 0.4) is 0 Å². The number of thioether (sulfide) groups is 1. The van der Waals surface area contributed by atoms with Crippen molar-refractivity contribution in [3.63, 3.8) is 0 Å². The molecule has 1 saturated heterocycles. The van der Waals surface area contributed by atoms with Gasteiger partial charge in [-0.05, 0) is 65.9 Å². The van der Waals surface area contributed by atoms with Crippen molar-refractivity contribution >= 4 is 62.8 Å². The van der Waals surface area contributed by atoms with Crippen LogP contribution in [0.5, 0.6) is 5.75 Å². The van der Waals surface area contributed by atoms with E-state index >= 15 is 0 Å². The molecule has 0 saturated carbocycles. The highest BCUT2D eigenvalue weighted by Gasteiger charge is 2.25. The smallest absolute Gasteiger partial charge is 0.290 e. The highest BCUT2D eigenvalue weighted by molar-refractivity contribution is 8.18. The maximum atomic E-state index is 12.7. The van der Waals surface area contributed by atoms with Gasteiger partial charge in [0.1, 0.15) is 5.75 Å². The molecule has 3 N–H and O–H groups in total. The second-order valence-electron chi connectivity index (χ2n) is 7.16. The monoisotopic (exact) mass is 473 g/mol. The molecule has 1 aliphatic heterocycles. The van der Waals surface area contributed by atoms with Gasteiger partial charge in [-0.15, -0.1) is 11.3 Å². The largest absolute Gasteiger partial charge is 0.508 e. The first-order valence-corrected chi connectivity index (χ1v) is 11.4. The third kappa shape index (κ3) is 4.36. The number of anilines is 1. The summed E-state index contributed by atoms with van der Waals surface area (Å²) in [5.74, 6) is -0.599. The lowest BCUT2D eigenvalue weighted by molar-refractivity contribution is -0.115. The average Bonchev–Trinajstić information content (AvgIpc) is 3.40. The molecule has 0 aliphatic carbocycles. The van der Waals surface area contributed by atoms with E-state index in [4.69, 9.17) is 0 Å².